The molecule has 2 amide bonds. The van der Waals surface area contributed by atoms with Crippen molar-refractivity contribution in [2.75, 3.05) is 6.61 Å². The summed E-state index contributed by atoms with van der Waals surface area (Å²) in [6.45, 7) is 10.5. The fourth-order valence-electron chi connectivity index (χ4n) is 4.29. The molecule has 0 spiro atoms. The lowest BCUT2D eigenvalue weighted by Gasteiger charge is -2.30. The fourth-order valence-corrected chi connectivity index (χ4v) is 4.78. The molecule has 3 rings (SSSR count). The van der Waals surface area contributed by atoms with Crippen LogP contribution in [0.15, 0.2) is 46.9 Å². The van der Waals surface area contributed by atoms with E-state index in [-0.39, 0.29) is 29.9 Å². The summed E-state index contributed by atoms with van der Waals surface area (Å²) in [5.74, 6) is 0.283. The summed E-state index contributed by atoms with van der Waals surface area (Å²) < 4.78 is 6.71. The van der Waals surface area contributed by atoms with Crippen LogP contribution < -0.4 is 10.1 Å². The zero-order valence-electron chi connectivity index (χ0n) is 21.0. The molecular formula is C28H37BrN2O3. The van der Waals surface area contributed by atoms with Crippen molar-refractivity contribution < 1.29 is 14.3 Å². The topological polar surface area (TPSA) is 58.6 Å². The minimum Gasteiger partial charge on any atom is -0.483 e. The lowest BCUT2D eigenvalue weighted by atomic mass is 9.87. The highest BCUT2D eigenvalue weighted by Crippen LogP contribution is 2.31. The van der Waals surface area contributed by atoms with Crippen molar-refractivity contribution in [2.24, 2.45) is 0 Å². The first-order valence-corrected chi connectivity index (χ1v) is 12.9. The maximum absolute atomic E-state index is 13.3. The minimum absolute atomic E-state index is 0.0175. The van der Waals surface area contributed by atoms with Gasteiger partial charge in [0.25, 0.3) is 5.91 Å². The molecule has 0 radical (unpaired) electrons. The average molecular weight is 530 g/mol. The first kappa shape index (κ1) is 26.3. The molecular weight excluding hydrogens is 492 g/mol. The molecule has 0 bridgehead atoms. The molecule has 0 aliphatic heterocycles. The minimum atomic E-state index is -0.594. The Hall–Kier alpha value is -2.34. The van der Waals surface area contributed by atoms with E-state index in [2.05, 4.69) is 42.0 Å². The van der Waals surface area contributed by atoms with Crippen LogP contribution in [0.25, 0.3) is 0 Å². The van der Waals surface area contributed by atoms with E-state index in [0.29, 0.717) is 12.3 Å². The number of benzene rings is 2. The molecule has 2 aromatic rings. The Morgan fingerprint density at radius 1 is 1.15 bits per heavy atom. The molecule has 0 aromatic heterocycles. The third-order valence-electron chi connectivity index (χ3n) is 6.45. The summed E-state index contributed by atoms with van der Waals surface area (Å²) in [7, 11) is 0. The second-order valence-corrected chi connectivity index (χ2v) is 11.2. The van der Waals surface area contributed by atoms with E-state index in [4.69, 9.17) is 4.74 Å². The number of aryl methyl sites for hydroxylation is 1. The highest BCUT2D eigenvalue weighted by atomic mass is 79.9. The summed E-state index contributed by atoms with van der Waals surface area (Å²) in [6, 6.07) is 13.6. The highest BCUT2D eigenvalue weighted by molar-refractivity contribution is 9.10. The van der Waals surface area contributed by atoms with E-state index in [1.807, 2.05) is 49.4 Å². The van der Waals surface area contributed by atoms with Crippen molar-refractivity contribution in [1.29, 1.82) is 0 Å². The molecule has 1 fully saturated rings. The molecule has 5 nitrogen and oxygen atoms in total. The van der Waals surface area contributed by atoms with E-state index in [0.717, 1.165) is 41.3 Å². The molecule has 34 heavy (non-hydrogen) atoms. The Balaban J connectivity index is 1.73. The average Bonchev–Trinajstić information content (AvgIpc) is 3.28. The molecule has 1 atom stereocenters. The summed E-state index contributed by atoms with van der Waals surface area (Å²) in [5.41, 5.74) is 3.30. The van der Waals surface area contributed by atoms with Crippen molar-refractivity contribution in [1.82, 2.24) is 10.2 Å². The standard InChI is InChI=1S/C28H37BrN2O3/c1-19-9-8-10-21(15-19)17-31(20(2)27(33)30-23-11-6-7-12-23)26(32)18-34-25-14-13-22(16-24(25)29)28(3,4)5/h8-10,13-16,20,23H,6-7,11-12,17-18H2,1-5H3,(H,30,33)/t20-/m1/s1. The molecule has 0 unspecified atom stereocenters. The number of nitrogens with zero attached hydrogens (tertiary/aromatic N) is 1. The highest BCUT2D eigenvalue weighted by Gasteiger charge is 2.29. The van der Waals surface area contributed by atoms with Crippen molar-refractivity contribution in [3.8, 4) is 5.75 Å². The van der Waals surface area contributed by atoms with Crippen LogP contribution in [0.4, 0.5) is 0 Å². The SMILES string of the molecule is Cc1cccc(CN(C(=O)COc2ccc(C(C)(C)C)cc2Br)[C@H](C)C(=O)NC2CCCC2)c1. The number of carbonyl (C=O) groups is 2. The van der Waals surface area contributed by atoms with Crippen molar-refractivity contribution in [3.63, 3.8) is 0 Å². The van der Waals surface area contributed by atoms with Crippen LogP contribution in [0.2, 0.25) is 0 Å². The third kappa shape index (κ3) is 7.08. The summed E-state index contributed by atoms with van der Waals surface area (Å²) in [5, 5.41) is 3.13. The Labute approximate surface area is 212 Å². The number of ether oxygens (including phenoxy) is 1. The van der Waals surface area contributed by atoms with Crippen molar-refractivity contribution in [3.05, 3.63) is 63.6 Å². The Kier molecular flexibility index (Phi) is 8.80. The van der Waals surface area contributed by atoms with Gasteiger partial charge in [-0.2, -0.15) is 0 Å². The van der Waals surface area contributed by atoms with Gasteiger partial charge in [0.1, 0.15) is 11.8 Å². The Bertz CT molecular complexity index is 1010. The maximum atomic E-state index is 13.3. The number of nitrogens with one attached hydrogen (secondary N) is 1. The lowest BCUT2D eigenvalue weighted by Crippen LogP contribution is -2.50. The van der Waals surface area contributed by atoms with E-state index >= 15 is 0 Å². The molecule has 6 heteroatoms. The second-order valence-electron chi connectivity index (χ2n) is 10.4. The van der Waals surface area contributed by atoms with Crippen LogP contribution in [0.5, 0.6) is 5.75 Å². The van der Waals surface area contributed by atoms with E-state index in [1.165, 1.54) is 5.56 Å². The number of rotatable bonds is 8. The Morgan fingerprint density at radius 2 is 1.85 bits per heavy atom. The lowest BCUT2D eigenvalue weighted by molar-refractivity contribution is -0.142. The fraction of sp³-hybridized carbons (Fsp3) is 0.500. The molecule has 0 heterocycles. The molecule has 184 valence electrons. The smallest absolute Gasteiger partial charge is 0.261 e. The first-order valence-electron chi connectivity index (χ1n) is 12.1. The molecule has 1 N–H and O–H groups in total. The van der Waals surface area contributed by atoms with Crippen LogP contribution in [0, 0.1) is 6.92 Å². The van der Waals surface area contributed by atoms with Gasteiger partial charge in [-0.15, -0.1) is 0 Å². The van der Waals surface area contributed by atoms with Crippen LogP contribution in [-0.4, -0.2) is 35.4 Å². The largest absolute Gasteiger partial charge is 0.483 e. The predicted octanol–water partition coefficient (Wildman–Crippen LogP) is 5.91. The number of hydrogen-bond acceptors (Lipinski definition) is 3. The second kappa shape index (κ2) is 11.4. The van der Waals surface area contributed by atoms with Gasteiger partial charge in [-0.05, 0) is 71.3 Å². The van der Waals surface area contributed by atoms with Crippen LogP contribution >= 0.6 is 15.9 Å². The zero-order chi connectivity index (χ0) is 24.9. The summed E-state index contributed by atoms with van der Waals surface area (Å²) in [4.78, 5) is 28.0. The monoisotopic (exact) mass is 528 g/mol. The number of halogens is 1. The van der Waals surface area contributed by atoms with Gasteiger partial charge >= 0.3 is 0 Å². The van der Waals surface area contributed by atoms with Gasteiger partial charge in [0, 0.05) is 12.6 Å². The van der Waals surface area contributed by atoms with Gasteiger partial charge in [-0.3, -0.25) is 9.59 Å². The quantitative estimate of drug-likeness (QED) is 0.463. The van der Waals surface area contributed by atoms with Crippen molar-refractivity contribution in [2.45, 2.75) is 84.3 Å². The molecule has 1 aliphatic rings. The van der Waals surface area contributed by atoms with Gasteiger partial charge < -0.3 is 15.0 Å². The molecule has 2 aromatic carbocycles. The van der Waals surface area contributed by atoms with Gasteiger partial charge in [-0.1, -0.05) is 69.5 Å². The molecule has 1 aliphatic carbocycles. The third-order valence-corrected chi connectivity index (χ3v) is 7.07. The maximum Gasteiger partial charge on any atom is 0.261 e. The Morgan fingerprint density at radius 3 is 2.47 bits per heavy atom. The molecule has 1 saturated carbocycles. The van der Waals surface area contributed by atoms with Gasteiger partial charge in [0.2, 0.25) is 5.91 Å². The van der Waals surface area contributed by atoms with E-state index < -0.39 is 6.04 Å². The van der Waals surface area contributed by atoms with Gasteiger partial charge in [-0.25, -0.2) is 0 Å². The predicted molar refractivity (Wildman–Crippen MR) is 140 cm³/mol. The van der Waals surface area contributed by atoms with Crippen molar-refractivity contribution >= 4 is 27.7 Å². The van der Waals surface area contributed by atoms with Gasteiger partial charge in [0.05, 0.1) is 4.47 Å². The number of hydrogen-bond donors (Lipinski definition) is 1. The molecule has 0 saturated heterocycles. The summed E-state index contributed by atoms with van der Waals surface area (Å²) >= 11 is 3.58. The normalized spacial score (nSPS) is 15.1. The van der Waals surface area contributed by atoms with Crippen LogP contribution in [0.1, 0.15) is 70.1 Å². The zero-order valence-corrected chi connectivity index (χ0v) is 22.6. The first-order chi connectivity index (χ1) is 16.0. The van der Waals surface area contributed by atoms with Gasteiger partial charge in [0.15, 0.2) is 6.61 Å². The van der Waals surface area contributed by atoms with E-state index in [1.54, 1.807) is 11.8 Å². The van der Waals surface area contributed by atoms with E-state index in [9.17, 15) is 9.59 Å². The summed E-state index contributed by atoms with van der Waals surface area (Å²) in [6.07, 6.45) is 4.29. The van der Waals surface area contributed by atoms with Crippen LogP contribution in [-0.2, 0) is 21.5 Å². The van der Waals surface area contributed by atoms with Crippen LogP contribution in [0.3, 0.4) is 0 Å². The number of amides is 2. The number of carbonyl (C=O) groups excluding carboxylic acids is 2.